The molecule has 1 aromatic heterocycles. The van der Waals surface area contributed by atoms with Crippen molar-refractivity contribution >= 4 is 5.82 Å². The SMILES string of the molecule is CCC1C(C)CNc2cc(-c3ccc(C)cc3)nn21. The molecule has 100 valence electrons. The first kappa shape index (κ1) is 12.3. The van der Waals surface area contributed by atoms with Crippen LogP contribution in [-0.2, 0) is 0 Å². The number of nitrogens with zero attached hydrogens (tertiary/aromatic N) is 2. The summed E-state index contributed by atoms with van der Waals surface area (Å²) in [6, 6.07) is 11.2. The van der Waals surface area contributed by atoms with Gasteiger partial charge in [-0.3, -0.25) is 0 Å². The Hall–Kier alpha value is -1.77. The smallest absolute Gasteiger partial charge is 0.125 e. The Morgan fingerprint density at radius 3 is 2.74 bits per heavy atom. The lowest BCUT2D eigenvalue weighted by atomic mass is 9.98. The van der Waals surface area contributed by atoms with Crippen molar-refractivity contribution in [3.05, 3.63) is 35.9 Å². The van der Waals surface area contributed by atoms with Crippen molar-refractivity contribution < 1.29 is 0 Å². The first-order valence-corrected chi connectivity index (χ1v) is 7.09. The quantitative estimate of drug-likeness (QED) is 0.882. The molecule has 0 aliphatic carbocycles. The third-order valence-electron chi connectivity index (χ3n) is 4.08. The molecule has 2 unspecified atom stereocenters. The Morgan fingerprint density at radius 1 is 1.32 bits per heavy atom. The Bertz CT molecular complexity index is 568. The van der Waals surface area contributed by atoms with Crippen molar-refractivity contribution in [2.45, 2.75) is 33.2 Å². The predicted molar refractivity (Wildman–Crippen MR) is 79.4 cm³/mol. The number of anilines is 1. The molecule has 3 heteroatoms. The van der Waals surface area contributed by atoms with Crippen molar-refractivity contribution in [3.63, 3.8) is 0 Å². The average Bonchev–Trinajstić information content (AvgIpc) is 2.83. The average molecular weight is 255 g/mol. The van der Waals surface area contributed by atoms with Crippen molar-refractivity contribution in [2.75, 3.05) is 11.9 Å². The number of fused-ring (bicyclic) bond motifs is 1. The van der Waals surface area contributed by atoms with Gasteiger partial charge in [-0.15, -0.1) is 0 Å². The van der Waals surface area contributed by atoms with Gasteiger partial charge >= 0.3 is 0 Å². The number of aryl methyl sites for hydroxylation is 1. The minimum atomic E-state index is 0.510. The van der Waals surface area contributed by atoms with Crippen molar-refractivity contribution in [1.82, 2.24) is 9.78 Å². The Morgan fingerprint density at radius 2 is 2.05 bits per heavy atom. The lowest BCUT2D eigenvalue weighted by Crippen LogP contribution is -2.30. The summed E-state index contributed by atoms with van der Waals surface area (Å²) in [6.45, 7) is 7.68. The molecule has 3 rings (SSSR count). The third kappa shape index (κ3) is 2.14. The van der Waals surface area contributed by atoms with Gasteiger partial charge in [-0.1, -0.05) is 43.7 Å². The van der Waals surface area contributed by atoms with Crippen molar-refractivity contribution in [2.24, 2.45) is 5.92 Å². The molecular weight excluding hydrogens is 234 g/mol. The lowest BCUT2D eigenvalue weighted by molar-refractivity contribution is 0.313. The van der Waals surface area contributed by atoms with Crippen LogP contribution in [0.5, 0.6) is 0 Å². The maximum absolute atomic E-state index is 4.81. The van der Waals surface area contributed by atoms with E-state index in [0.717, 1.165) is 24.5 Å². The fourth-order valence-corrected chi connectivity index (χ4v) is 2.86. The zero-order valence-corrected chi connectivity index (χ0v) is 11.9. The van der Waals surface area contributed by atoms with E-state index in [4.69, 9.17) is 5.10 Å². The second-order valence-corrected chi connectivity index (χ2v) is 5.56. The predicted octanol–water partition coefficient (Wildman–Crippen LogP) is 3.87. The molecule has 2 heterocycles. The highest BCUT2D eigenvalue weighted by Crippen LogP contribution is 2.33. The molecule has 2 aromatic rings. The van der Waals surface area contributed by atoms with Gasteiger partial charge in [-0.2, -0.15) is 5.10 Å². The van der Waals surface area contributed by atoms with Crippen LogP contribution in [0.4, 0.5) is 5.82 Å². The molecule has 3 nitrogen and oxygen atoms in total. The summed E-state index contributed by atoms with van der Waals surface area (Å²) < 4.78 is 2.17. The van der Waals surface area contributed by atoms with Crippen LogP contribution < -0.4 is 5.32 Å². The maximum Gasteiger partial charge on any atom is 0.125 e. The van der Waals surface area contributed by atoms with E-state index < -0.39 is 0 Å². The van der Waals surface area contributed by atoms with E-state index >= 15 is 0 Å². The highest BCUT2D eigenvalue weighted by Gasteiger charge is 2.26. The van der Waals surface area contributed by atoms with Crippen LogP contribution in [0.2, 0.25) is 0 Å². The molecule has 0 amide bonds. The molecule has 1 N–H and O–H groups in total. The Balaban J connectivity index is 2.00. The van der Waals surface area contributed by atoms with Crippen molar-refractivity contribution in [3.8, 4) is 11.3 Å². The molecule has 19 heavy (non-hydrogen) atoms. The maximum atomic E-state index is 4.81. The van der Waals surface area contributed by atoms with Gasteiger partial charge in [0, 0.05) is 18.2 Å². The summed E-state index contributed by atoms with van der Waals surface area (Å²) in [4.78, 5) is 0. The van der Waals surface area contributed by atoms with Gasteiger partial charge < -0.3 is 5.32 Å². The minimum Gasteiger partial charge on any atom is -0.370 e. The van der Waals surface area contributed by atoms with Crippen LogP contribution in [0, 0.1) is 12.8 Å². The van der Waals surface area contributed by atoms with E-state index in [1.54, 1.807) is 0 Å². The molecule has 0 spiro atoms. The van der Waals surface area contributed by atoms with E-state index in [0.29, 0.717) is 12.0 Å². The second-order valence-electron chi connectivity index (χ2n) is 5.56. The molecule has 2 atom stereocenters. The lowest BCUT2D eigenvalue weighted by Gasteiger charge is -2.30. The zero-order valence-electron chi connectivity index (χ0n) is 11.9. The number of nitrogens with one attached hydrogen (secondary N) is 1. The van der Waals surface area contributed by atoms with E-state index in [1.807, 2.05) is 0 Å². The Labute approximate surface area is 114 Å². The monoisotopic (exact) mass is 255 g/mol. The number of hydrogen-bond acceptors (Lipinski definition) is 2. The van der Waals surface area contributed by atoms with E-state index in [-0.39, 0.29) is 0 Å². The first-order valence-electron chi connectivity index (χ1n) is 7.09. The topological polar surface area (TPSA) is 29.9 Å². The number of rotatable bonds is 2. The van der Waals surface area contributed by atoms with E-state index in [2.05, 4.69) is 61.1 Å². The van der Waals surface area contributed by atoms with Gasteiger partial charge in [0.2, 0.25) is 0 Å². The molecule has 0 saturated heterocycles. The van der Waals surface area contributed by atoms with E-state index in [9.17, 15) is 0 Å². The van der Waals surface area contributed by atoms with Crippen LogP contribution in [0.25, 0.3) is 11.3 Å². The molecule has 1 aliphatic heterocycles. The highest BCUT2D eigenvalue weighted by molar-refractivity contribution is 5.63. The van der Waals surface area contributed by atoms with Gasteiger partial charge in [0.15, 0.2) is 0 Å². The van der Waals surface area contributed by atoms with Crippen LogP contribution in [0.15, 0.2) is 30.3 Å². The molecule has 0 radical (unpaired) electrons. The highest BCUT2D eigenvalue weighted by atomic mass is 15.4. The third-order valence-corrected chi connectivity index (χ3v) is 4.08. The number of aromatic nitrogens is 2. The largest absolute Gasteiger partial charge is 0.370 e. The fourth-order valence-electron chi connectivity index (χ4n) is 2.86. The second kappa shape index (κ2) is 4.72. The van der Waals surface area contributed by atoms with Gasteiger partial charge in [0.1, 0.15) is 5.82 Å². The zero-order chi connectivity index (χ0) is 13.4. The van der Waals surface area contributed by atoms with Gasteiger partial charge in [-0.05, 0) is 19.3 Å². The van der Waals surface area contributed by atoms with Gasteiger partial charge in [0.05, 0.1) is 11.7 Å². The van der Waals surface area contributed by atoms with Crippen molar-refractivity contribution in [1.29, 1.82) is 0 Å². The van der Waals surface area contributed by atoms with Crippen LogP contribution in [-0.4, -0.2) is 16.3 Å². The van der Waals surface area contributed by atoms with E-state index in [1.165, 1.54) is 11.1 Å². The van der Waals surface area contributed by atoms with Crippen LogP contribution >= 0.6 is 0 Å². The van der Waals surface area contributed by atoms with Gasteiger partial charge in [-0.25, -0.2) is 4.68 Å². The molecule has 0 bridgehead atoms. The normalized spacial score (nSPS) is 21.8. The molecule has 0 fully saturated rings. The number of benzene rings is 1. The molecule has 1 aromatic carbocycles. The number of hydrogen-bond donors (Lipinski definition) is 1. The van der Waals surface area contributed by atoms with Crippen LogP contribution in [0.1, 0.15) is 31.9 Å². The minimum absolute atomic E-state index is 0.510. The van der Waals surface area contributed by atoms with Crippen LogP contribution in [0.3, 0.4) is 0 Å². The summed E-state index contributed by atoms with van der Waals surface area (Å²) in [7, 11) is 0. The summed E-state index contributed by atoms with van der Waals surface area (Å²) >= 11 is 0. The molecule has 0 saturated carbocycles. The Kier molecular flexibility index (Phi) is 3.05. The molecular formula is C16H21N3. The summed E-state index contributed by atoms with van der Waals surface area (Å²) in [5.41, 5.74) is 3.54. The standard InChI is InChI=1S/C16H21N3/c1-4-15-12(3)10-17-16-9-14(18-19(15)16)13-7-5-11(2)6-8-13/h5-9,12,15,17H,4,10H2,1-3H3. The summed E-state index contributed by atoms with van der Waals surface area (Å²) in [5.74, 6) is 1.78. The summed E-state index contributed by atoms with van der Waals surface area (Å²) in [6.07, 6.45) is 1.13. The first-order chi connectivity index (χ1) is 9.19. The molecule has 1 aliphatic rings. The summed E-state index contributed by atoms with van der Waals surface area (Å²) in [5, 5.41) is 8.29. The van der Waals surface area contributed by atoms with Gasteiger partial charge in [0.25, 0.3) is 0 Å². The fraction of sp³-hybridized carbons (Fsp3) is 0.438.